The number of ether oxygens (including phenoxy) is 1. The Bertz CT molecular complexity index is 984. The van der Waals surface area contributed by atoms with Crippen molar-refractivity contribution in [3.63, 3.8) is 0 Å². The van der Waals surface area contributed by atoms with Gasteiger partial charge in [0.25, 0.3) is 0 Å². The van der Waals surface area contributed by atoms with Crippen molar-refractivity contribution in [3.05, 3.63) is 54.4 Å². The molecular weight excluding hydrogens is 338 g/mol. The first-order valence-corrected chi connectivity index (χ1v) is 8.92. The van der Waals surface area contributed by atoms with Crippen LogP contribution in [0.1, 0.15) is 12.4 Å². The zero-order chi connectivity index (χ0) is 17.3. The van der Waals surface area contributed by atoms with Crippen LogP contribution in [-0.2, 0) is 16.4 Å². The van der Waals surface area contributed by atoms with Crippen LogP contribution >= 0.6 is 0 Å². The molecule has 0 unspecified atom stereocenters. The number of imidazole rings is 1. The Morgan fingerprint density at radius 1 is 1.17 bits per heavy atom. The summed E-state index contributed by atoms with van der Waals surface area (Å²) >= 11 is 0. The highest BCUT2D eigenvalue weighted by Gasteiger charge is 2.18. The van der Waals surface area contributed by atoms with Gasteiger partial charge in [0.1, 0.15) is 12.4 Å². The lowest BCUT2D eigenvalue weighted by molar-refractivity contribution is 0.0677. The number of hydrogen-bond acceptors (Lipinski definition) is 4. The van der Waals surface area contributed by atoms with Crippen LogP contribution < -0.4 is 4.74 Å². The van der Waals surface area contributed by atoms with Crippen LogP contribution in [0.4, 0.5) is 8.78 Å². The molecule has 0 radical (unpaired) electrons. The molecule has 0 aliphatic rings. The molecule has 8 heteroatoms. The molecule has 0 fully saturated rings. The third-order valence-electron chi connectivity index (χ3n) is 3.47. The fourth-order valence-corrected chi connectivity index (χ4v) is 3.01. The Morgan fingerprint density at radius 3 is 2.62 bits per heavy atom. The number of benzene rings is 2. The Morgan fingerprint density at radius 2 is 1.92 bits per heavy atom. The molecule has 1 aromatic heterocycles. The van der Waals surface area contributed by atoms with Gasteiger partial charge in [0.15, 0.2) is 15.7 Å². The molecule has 0 atom stereocenters. The van der Waals surface area contributed by atoms with Crippen molar-refractivity contribution in [2.24, 2.45) is 0 Å². The maximum Gasteiger partial charge on any atom is 0.320 e. The van der Waals surface area contributed by atoms with Gasteiger partial charge in [-0.3, -0.25) is 4.57 Å². The molecule has 3 aromatic rings. The minimum Gasteiger partial charge on any atom is -0.486 e. The SMILES string of the molecule is CS(=O)(=O)c1cccc(OCc2nc3ccccc3n2C(F)F)c1. The smallest absolute Gasteiger partial charge is 0.320 e. The van der Waals surface area contributed by atoms with Crippen LogP contribution in [0.3, 0.4) is 0 Å². The Balaban J connectivity index is 1.90. The summed E-state index contributed by atoms with van der Waals surface area (Å²) in [5.74, 6) is 0.335. The molecule has 0 aliphatic carbocycles. The second-order valence-electron chi connectivity index (χ2n) is 5.20. The van der Waals surface area contributed by atoms with Crippen molar-refractivity contribution < 1.29 is 21.9 Å². The Hall–Kier alpha value is -2.48. The summed E-state index contributed by atoms with van der Waals surface area (Å²) in [4.78, 5) is 4.26. The summed E-state index contributed by atoms with van der Waals surface area (Å²) in [5, 5.41) is 0. The van der Waals surface area contributed by atoms with Crippen LogP contribution in [-0.4, -0.2) is 24.2 Å². The first-order valence-electron chi connectivity index (χ1n) is 7.03. The van der Waals surface area contributed by atoms with Gasteiger partial charge in [0, 0.05) is 6.26 Å². The molecular formula is C16H14F2N2O3S. The van der Waals surface area contributed by atoms with Gasteiger partial charge in [-0.2, -0.15) is 8.78 Å². The van der Waals surface area contributed by atoms with E-state index in [1.54, 1.807) is 30.3 Å². The van der Waals surface area contributed by atoms with Crippen LogP contribution in [0, 0.1) is 0 Å². The maximum atomic E-state index is 13.3. The predicted octanol–water partition coefficient (Wildman–Crippen LogP) is 3.41. The highest BCUT2D eigenvalue weighted by atomic mass is 32.2. The van der Waals surface area contributed by atoms with Gasteiger partial charge in [-0.05, 0) is 30.3 Å². The third-order valence-corrected chi connectivity index (χ3v) is 4.58. The zero-order valence-corrected chi connectivity index (χ0v) is 13.5. The standard InChI is InChI=1S/C16H14F2N2O3S/c1-24(21,22)12-6-4-5-11(9-12)23-10-15-19-13-7-2-3-8-14(13)20(15)16(17)18/h2-9,16H,10H2,1H3. The lowest BCUT2D eigenvalue weighted by Crippen LogP contribution is -2.08. The normalized spacial score (nSPS) is 12.0. The van der Waals surface area contributed by atoms with Crippen molar-refractivity contribution in [2.45, 2.75) is 18.1 Å². The van der Waals surface area contributed by atoms with E-state index in [-0.39, 0.29) is 23.1 Å². The van der Waals surface area contributed by atoms with Gasteiger partial charge >= 0.3 is 6.55 Å². The average molecular weight is 352 g/mol. The monoisotopic (exact) mass is 352 g/mol. The molecule has 0 saturated heterocycles. The van der Waals surface area contributed by atoms with Gasteiger partial charge in [0.2, 0.25) is 0 Å². The van der Waals surface area contributed by atoms with Gasteiger partial charge in [0.05, 0.1) is 15.9 Å². The molecule has 0 aliphatic heterocycles. The van der Waals surface area contributed by atoms with E-state index in [9.17, 15) is 17.2 Å². The van der Waals surface area contributed by atoms with E-state index in [1.165, 1.54) is 18.2 Å². The number of hydrogen-bond donors (Lipinski definition) is 0. The summed E-state index contributed by atoms with van der Waals surface area (Å²) in [6.07, 6.45) is 1.09. The second-order valence-corrected chi connectivity index (χ2v) is 7.22. The van der Waals surface area contributed by atoms with Crippen LogP contribution in [0.15, 0.2) is 53.4 Å². The predicted molar refractivity (Wildman–Crippen MR) is 84.9 cm³/mol. The summed E-state index contributed by atoms with van der Waals surface area (Å²) in [6.45, 7) is -2.95. The quantitative estimate of drug-likeness (QED) is 0.706. The molecule has 126 valence electrons. The molecule has 1 heterocycles. The molecule has 3 rings (SSSR count). The molecule has 0 N–H and O–H groups in total. The highest BCUT2D eigenvalue weighted by molar-refractivity contribution is 7.90. The van der Waals surface area contributed by atoms with Crippen molar-refractivity contribution in [3.8, 4) is 5.75 Å². The number of alkyl halides is 2. The lowest BCUT2D eigenvalue weighted by atomic mass is 10.3. The number of aromatic nitrogens is 2. The number of halogens is 2. The molecule has 5 nitrogen and oxygen atoms in total. The van der Waals surface area contributed by atoms with E-state index in [0.717, 1.165) is 10.8 Å². The minimum absolute atomic E-state index is 0.0657. The number of fused-ring (bicyclic) bond motifs is 1. The topological polar surface area (TPSA) is 61.2 Å². The third kappa shape index (κ3) is 3.23. The van der Waals surface area contributed by atoms with E-state index < -0.39 is 16.4 Å². The van der Waals surface area contributed by atoms with Crippen LogP contribution in [0.25, 0.3) is 11.0 Å². The van der Waals surface area contributed by atoms with Gasteiger partial charge in [-0.25, -0.2) is 13.4 Å². The minimum atomic E-state index is -3.37. The Labute approximate surface area is 137 Å². The van der Waals surface area contributed by atoms with Crippen molar-refractivity contribution in [1.82, 2.24) is 9.55 Å². The van der Waals surface area contributed by atoms with E-state index in [1.807, 2.05) is 0 Å². The molecule has 0 saturated carbocycles. The number of rotatable bonds is 5. The largest absolute Gasteiger partial charge is 0.486 e. The van der Waals surface area contributed by atoms with Crippen molar-refractivity contribution >= 4 is 20.9 Å². The first kappa shape index (κ1) is 16.4. The Kier molecular flexibility index (Phi) is 4.23. The summed E-state index contributed by atoms with van der Waals surface area (Å²) in [5.41, 5.74) is 0.761. The van der Waals surface area contributed by atoms with Crippen molar-refractivity contribution in [1.29, 1.82) is 0 Å². The zero-order valence-electron chi connectivity index (χ0n) is 12.7. The molecule has 0 bridgehead atoms. The van der Waals surface area contributed by atoms with Gasteiger partial charge in [-0.15, -0.1) is 0 Å². The van der Waals surface area contributed by atoms with Crippen LogP contribution in [0.2, 0.25) is 0 Å². The second kappa shape index (κ2) is 6.20. The molecule has 0 amide bonds. The van der Waals surface area contributed by atoms with E-state index in [0.29, 0.717) is 11.0 Å². The van der Waals surface area contributed by atoms with E-state index in [4.69, 9.17) is 4.74 Å². The first-order chi connectivity index (χ1) is 11.4. The molecule has 24 heavy (non-hydrogen) atoms. The average Bonchev–Trinajstić information content (AvgIpc) is 2.91. The summed E-state index contributed by atoms with van der Waals surface area (Å²) in [7, 11) is -3.37. The maximum absolute atomic E-state index is 13.3. The number of sulfone groups is 1. The number of para-hydroxylation sites is 2. The summed E-state index contributed by atoms with van der Waals surface area (Å²) < 4.78 is 56.0. The summed E-state index contributed by atoms with van der Waals surface area (Å²) in [6, 6.07) is 12.5. The lowest BCUT2D eigenvalue weighted by Gasteiger charge is -2.10. The van der Waals surface area contributed by atoms with E-state index >= 15 is 0 Å². The van der Waals surface area contributed by atoms with Gasteiger partial charge < -0.3 is 4.74 Å². The number of nitrogens with zero attached hydrogens (tertiary/aromatic N) is 2. The van der Waals surface area contributed by atoms with E-state index in [2.05, 4.69) is 4.98 Å². The van der Waals surface area contributed by atoms with Crippen LogP contribution in [0.5, 0.6) is 5.75 Å². The highest BCUT2D eigenvalue weighted by Crippen LogP contribution is 2.24. The molecule has 2 aromatic carbocycles. The molecule has 0 spiro atoms. The fraction of sp³-hybridized carbons (Fsp3) is 0.188. The van der Waals surface area contributed by atoms with Gasteiger partial charge in [-0.1, -0.05) is 18.2 Å². The van der Waals surface area contributed by atoms with Crippen molar-refractivity contribution in [2.75, 3.05) is 6.26 Å². The fourth-order valence-electron chi connectivity index (χ4n) is 2.36.